The molecule has 1 atom stereocenters. The van der Waals surface area contributed by atoms with Crippen molar-refractivity contribution in [1.29, 1.82) is 0 Å². The standard InChI is InChI=1S/C18H14FN3O4S/c1-10(16(23)20-13-5-3-2-4-12(13)19)27-18-22-21-17(26-18)11-6-7-14-15(8-11)25-9-24-14/h2-8,10H,9H2,1H3,(H,20,23). The van der Waals surface area contributed by atoms with E-state index in [0.29, 0.717) is 23.0 Å². The lowest BCUT2D eigenvalue weighted by Gasteiger charge is -2.10. The molecule has 0 radical (unpaired) electrons. The fourth-order valence-corrected chi connectivity index (χ4v) is 3.09. The summed E-state index contributed by atoms with van der Waals surface area (Å²) in [7, 11) is 0. The number of nitrogens with one attached hydrogen (secondary N) is 1. The van der Waals surface area contributed by atoms with E-state index in [1.807, 2.05) is 0 Å². The zero-order valence-electron chi connectivity index (χ0n) is 14.1. The number of benzene rings is 2. The molecule has 1 aromatic heterocycles. The van der Waals surface area contributed by atoms with Gasteiger partial charge in [-0.3, -0.25) is 4.79 Å². The van der Waals surface area contributed by atoms with Gasteiger partial charge in [-0.25, -0.2) is 4.39 Å². The van der Waals surface area contributed by atoms with Gasteiger partial charge < -0.3 is 19.2 Å². The summed E-state index contributed by atoms with van der Waals surface area (Å²) in [5.41, 5.74) is 0.809. The van der Waals surface area contributed by atoms with E-state index in [2.05, 4.69) is 15.5 Å². The number of aromatic nitrogens is 2. The highest BCUT2D eigenvalue weighted by atomic mass is 32.2. The van der Waals surface area contributed by atoms with Crippen molar-refractivity contribution < 1.29 is 23.1 Å². The predicted molar refractivity (Wildman–Crippen MR) is 96.2 cm³/mol. The zero-order chi connectivity index (χ0) is 18.8. The minimum Gasteiger partial charge on any atom is -0.454 e. The minimum atomic E-state index is -0.560. The average Bonchev–Trinajstić information content (AvgIpc) is 3.32. The lowest BCUT2D eigenvalue weighted by Crippen LogP contribution is -2.22. The summed E-state index contributed by atoms with van der Waals surface area (Å²) in [6, 6.07) is 11.3. The molecule has 9 heteroatoms. The monoisotopic (exact) mass is 387 g/mol. The molecule has 0 fully saturated rings. The Morgan fingerprint density at radius 2 is 2.00 bits per heavy atom. The maximum Gasteiger partial charge on any atom is 0.277 e. The van der Waals surface area contributed by atoms with Crippen molar-refractivity contribution in [3.63, 3.8) is 0 Å². The van der Waals surface area contributed by atoms with E-state index in [1.54, 1.807) is 37.3 Å². The molecule has 0 bridgehead atoms. The summed E-state index contributed by atoms with van der Waals surface area (Å²) < 4.78 is 29.9. The van der Waals surface area contributed by atoms with E-state index in [9.17, 15) is 9.18 Å². The van der Waals surface area contributed by atoms with Crippen molar-refractivity contribution in [3.05, 3.63) is 48.3 Å². The number of carbonyl (C=O) groups excluding carboxylic acids is 1. The topological polar surface area (TPSA) is 86.5 Å². The van der Waals surface area contributed by atoms with E-state index < -0.39 is 11.1 Å². The molecule has 2 aromatic carbocycles. The van der Waals surface area contributed by atoms with Gasteiger partial charge in [-0.1, -0.05) is 23.9 Å². The number of hydrogen-bond acceptors (Lipinski definition) is 7. The second-order valence-corrected chi connectivity index (χ2v) is 6.96. The summed E-state index contributed by atoms with van der Waals surface area (Å²) in [5, 5.41) is 10.2. The van der Waals surface area contributed by atoms with Gasteiger partial charge >= 0.3 is 0 Å². The van der Waals surface area contributed by atoms with E-state index in [4.69, 9.17) is 13.9 Å². The van der Waals surface area contributed by atoms with Gasteiger partial charge in [0.15, 0.2) is 11.5 Å². The van der Waals surface area contributed by atoms with Crippen LogP contribution in [0.2, 0.25) is 0 Å². The summed E-state index contributed by atoms with van der Waals surface area (Å²) >= 11 is 1.09. The highest BCUT2D eigenvalue weighted by Crippen LogP contribution is 2.36. The molecule has 0 saturated heterocycles. The molecule has 1 amide bonds. The smallest absolute Gasteiger partial charge is 0.277 e. The maximum atomic E-state index is 13.6. The Labute approximate surface area is 157 Å². The van der Waals surface area contributed by atoms with Crippen LogP contribution < -0.4 is 14.8 Å². The van der Waals surface area contributed by atoms with Crippen LogP contribution >= 0.6 is 11.8 Å². The number of halogens is 1. The third-order valence-electron chi connectivity index (χ3n) is 3.80. The molecular formula is C18H14FN3O4S. The molecule has 1 N–H and O–H groups in total. The number of carbonyl (C=O) groups is 1. The summed E-state index contributed by atoms with van der Waals surface area (Å²) in [6.07, 6.45) is 0. The molecule has 1 aliphatic rings. The van der Waals surface area contributed by atoms with E-state index in [0.717, 1.165) is 11.8 Å². The van der Waals surface area contributed by atoms with Crippen molar-refractivity contribution in [2.45, 2.75) is 17.4 Å². The summed E-state index contributed by atoms with van der Waals surface area (Å²) in [4.78, 5) is 12.3. The van der Waals surface area contributed by atoms with Crippen LogP contribution in [0.3, 0.4) is 0 Å². The van der Waals surface area contributed by atoms with Gasteiger partial charge in [-0.2, -0.15) is 0 Å². The first-order valence-electron chi connectivity index (χ1n) is 8.06. The lowest BCUT2D eigenvalue weighted by atomic mass is 10.2. The quantitative estimate of drug-likeness (QED) is 0.668. The van der Waals surface area contributed by atoms with Crippen LogP contribution in [-0.4, -0.2) is 28.1 Å². The molecule has 3 aromatic rings. The number of rotatable bonds is 5. The van der Waals surface area contributed by atoms with Crippen molar-refractivity contribution in [3.8, 4) is 23.0 Å². The van der Waals surface area contributed by atoms with Crippen molar-refractivity contribution in [2.75, 3.05) is 12.1 Å². The normalized spacial score (nSPS) is 13.4. The van der Waals surface area contributed by atoms with Crippen LogP contribution in [0.15, 0.2) is 52.1 Å². The Morgan fingerprint density at radius 3 is 2.85 bits per heavy atom. The highest BCUT2D eigenvalue weighted by Gasteiger charge is 2.21. The Balaban J connectivity index is 1.43. The Kier molecular flexibility index (Phi) is 4.68. The van der Waals surface area contributed by atoms with Crippen LogP contribution in [0.25, 0.3) is 11.5 Å². The number of amides is 1. The maximum absolute atomic E-state index is 13.6. The van der Waals surface area contributed by atoms with Crippen LogP contribution in [0, 0.1) is 5.82 Å². The lowest BCUT2D eigenvalue weighted by molar-refractivity contribution is -0.115. The average molecular weight is 387 g/mol. The van der Waals surface area contributed by atoms with Crippen LogP contribution in [0.1, 0.15) is 6.92 Å². The first-order chi connectivity index (χ1) is 13.1. The summed E-state index contributed by atoms with van der Waals surface area (Å²) in [6.45, 7) is 1.85. The molecule has 1 aliphatic heterocycles. The predicted octanol–water partition coefficient (Wildman–Crippen LogP) is 3.72. The first kappa shape index (κ1) is 17.3. The number of nitrogens with zero attached hydrogens (tertiary/aromatic N) is 2. The van der Waals surface area contributed by atoms with Gasteiger partial charge in [-0.05, 0) is 37.3 Å². The number of fused-ring (bicyclic) bond motifs is 1. The number of thioether (sulfide) groups is 1. The number of hydrogen-bond donors (Lipinski definition) is 1. The Hall–Kier alpha value is -3.07. The van der Waals surface area contributed by atoms with Crippen molar-refractivity contribution in [2.24, 2.45) is 0 Å². The minimum absolute atomic E-state index is 0.126. The van der Waals surface area contributed by atoms with Gasteiger partial charge in [0.1, 0.15) is 5.82 Å². The third-order valence-corrected chi connectivity index (χ3v) is 4.74. The van der Waals surface area contributed by atoms with E-state index >= 15 is 0 Å². The fourth-order valence-electron chi connectivity index (χ4n) is 2.41. The fraction of sp³-hybridized carbons (Fsp3) is 0.167. The number of anilines is 1. The van der Waals surface area contributed by atoms with E-state index in [1.165, 1.54) is 12.1 Å². The van der Waals surface area contributed by atoms with Gasteiger partial charge in [0.2, 0.25) is 18.6 Å². The first-order valence-corrected chi connectivity index (χ1v) is 8.94. The number of para-hydroxylation sites is 1. The Morgan fingerprint density at radius 1 is 1.19 bits per heavy atom. The van der Waals surface area contributed by atoms with Gasteiger partial charge in [0, 0.05) is 5.56 Å². The summed E-state index contributed by atoms with van der Waals surface area (Å²) in [5.74, 6) is 0.709. The second kappa shape index (κ2) is 7.28. The third kappa shape index (κ3) is 3.72. The van der Waals surface area contributed by atoms with Crippen LogP contribution in [0.5, 0.6) is 11.5 Å². The van der Waals surface area contributed by atoms with Crippen molar-refractivity contribution in [1.82, 2.24) is 10.2 Å². The molecule has 0 aliphatic carbocycles. The molecule has 0 saturated carbocycles. The van der Waals surface area contributed by atoms with Crippen LogP contribution in [0.4, 0.5) is 10.1 Å². The SMILES string of the molecule is CC(Sc1nnc(-c2ccc3c(c2)OCO3)o1)C(=O)Nc1ccccc1F. The van der Waals surface area contributed by atoms with Gasteiger partial charge in [-0.15, -0.1) is 10.2 Å². The van der Waals surface area contributed by atoms with Crippen molar-refractivity contribution >= 4 is 23.4 Å². The van der Waals surface area contributed by atoms with Gasteiger partial charge in [0.25, 0.3) is 5.22 Å². The van der Waals surface area contributed by atoms with E-state index in [-0.39, 0.29) is 23.6 Å². The molecule has 138 valence electrons. The molecule has 1 unspecified atom stereocenters. The zero-order valence-corrected chi connectivity index (χ0v) is 15.0. The molecule has 4 rings (SSSR count). The largest absolute Gasteiger partial charge is 0.454 e. The molecule has 27 heavy (non-hydrogen) atoms. The molecule has 2 heterocycles. The highest BCUT2D eigenvalue weighted by molar-refractivity contribution is 8.00. The second-order valence-electron chi connectivity index (χ2n) is 5.67. The Bertz CT molecular complexity index is 994. The molecule has 7 nitrogen and oxygen atoms in total. The number of ether oxygens (including phenoxy) is 2. The van der Waals surface area contributed by atoms with Gasteiger partial charge in [0.05, 0.1) is 10.9 Å². The van der Waals surface area contributed by atoms with Crippen LogP contribution in [-0.2, 0) is 4.79 Å². The molecule has 0 spiro atoms. The molecular weight excluding hydrogens is 373 g/mol.